The molecule has 0 aliphatic carbocycles. The predicted octanol–water partition coefficient (Wildman–Crippen LogP) is 3.34. The van der Waals surface area contributed by atoms with E-state index in [0.717, 1.165) is 31.6 Å². The fourth-order valence-corrected chi connectivity index (χ4v) is 4.02. The van der Waals surface area contributed by atoms with Crippen LogP contribution in [0.15, 0.2) is 35.7 Å². The molecular formula is C21H26N2O3S. The van der Waals surface area contributed by atoms with Gasteiger partial charge in [-0.05, 0) is 54.1 Å². The van der Waals surface area contributed by atoms with Crippen LogP contribution < -0.4 is 14.8 Å². The van der Waals surface area contributed by atoms with Crippen molar-refractivity contribution >= 4 is 23.3 Å². The second-order valence-corrected chi connectivity index (χ2v) is 7.36. The van der Waals surface area contributed by atoms with Crippen LogP contribution in [0.5, 0.6) is 11.5 Å². The summed E-state index contributed by atoms with van der Waals surface area (Å²) in [5.74, 6) is 1.28. The number of ether oxygens (including phenoxy) is 2. The number of benzene rings is 1. The van der Waals surface area contributed by atoms with Gasteiger partial charge in [-0.25, -0.2) is 0 Å². The molecule has 0 saturated heterocycles. The van der Waals surface area contributed by atoms with Gasteiger partial charge in [0.05, 0.1) is 13.7 Å². The molecule has 27 heavy (non-hydrogen) atoms. The van der Waals surface area contributed by atoms with Crippen molar-refractivity contribution in [3.8, 4) is 11.5 Å². The minimum Gasteiger partial charge on any atom is -0.493 e. The third-order valence-corrected chi connectivity index (χ3v) is 5.55. The number of fused-ring (bicyclic) bond motifs is 1. The fraction of sp³-hybridized carbons (Fsp3) is 0.381. The highest BCUT2D eigenvalue weighted by molar-refractivity contribution is 7.10. The van der Waals surface area contributed by atoms with Gasteiger partial charge in [-0.2, -0.15) is 0 Å². The minimum absolute atomic E-state index is 0.0861. The molecule has 2 aromatic rings. The van der Waals surface area contributed by atoms with Crippen LogP contribution in [0.25, 0.3) is 6.08 Å². The molecule has 0 radical (unpaired) electrons. The molecule has 144 valence electrons. The lowest BCUT2D eigenvalue weighted by Gasteiger charge is -2.26. The second kappa shape index (κ2) is 9.58. The van der Waals surface area contributed by atoms with E-state index in [1.165, 1.54) is 10.4 Å². The normalized spacial score (nSPS) is 14.1. The van der Waals surface area contributed by atoms with Crippen LogP contribution >= 0.6 is 11.3 Å². The Morgan fingerprint density at radius 1 is 1.33 bits per heavy atom. The quantitative estimate of drug-likeness (QED) is 0.707. The monoisotopic (exact) mass is 386 g/mol. The predicted molar refractivity (Wildman–Crippen MR) is 110 cm³/mol. The lowest BCUT2D eigenvalue weighted by molar-refractivity contribution is -0.116. The van der Waals surface area contributed by atoms with Crippen molar-refractivity contribution in [2.45, 2.75) is 19.9 Å². The zero-order chi connectivity index (χ0) is 19.1. The summed E-state index contributed by atoms with van der Waals surface area (Å²) >= 11 is 1.84. The van der Waals surface area contributed by atoms with Crippen LogP contribution in [0.2, 0.25) is 0 Å². The molecule has 0 bridgehead atoms. The first-order valence-corrected chi connectivity index (χ1v) is 10.1. The summed E-state index contributed by atoms with van der Waals surface area (Å²) in [6.45, 7) is 6.05. The van der Waals surface area contributed by atoms with Crippen LogP contribution in [0.1, 0.15) is 22.9 Å². The van der Waals surface area contributed by atoms with Crippen molar-refractivity contribution < 1.29 is 14.3 Å². The number of thiophene rings is 1. The van der Waals surface area contributed by atoms with Gasteiger partial charge in [0, 0.05) is 37.1 Å². The number of rotatable bonds is 8. The average molecular weight is 387 g/mol. The zero-order valence-corrected chi connectivity index (χ0v) is 16.7. The van der Waals surface area contributed by atoms with Crippen LogP contribution in [0, 0.1) is 0 Å². The number of carbonyl (C=O) groups excluding carboxylic acids is 1. The second-order valence-electron chi connectivity index (χ2n) is 6.36. The summed E-state index contributed by atoms with van der Waals surface area (Å²) in [5.41, 5.74) is 2.33. The summed E-state index contributed by atoms with van der Waals surface area (Å²) in [5, 5.41) is 5.12. The summed E-state index contributed by atoms with van der Waals surface area (Å²) in [6.07, 6.45) is 4.46. The van der Waals surface area contributed by atoms with E-state index in [4.69, 9.17) is 9.47 Å². The van der Waals surface area contributed by atoms with Gasteiger partial charge in [0.25, 0.3) is 0 Å². The van der Waals surface area contributed by atoms with E-state index in [-0.39, 0.29) is 5.91 Å². The maximum Gasteiger partial charge on any atom is 0.244 e. The Balaban J connectivity index is 1.46. The Morgan fingerprint density at radius 3 is 3.04 bits per heavy atom. The molecule has 0 unspecified atom stereocenters. The zero-order valence-electron chi connectivity index (χ0n) is 15.9. The number of nitrogens with one attached hydrogen (secondary N) is 1. The van der Waals surface area contributed by atoms with Crippen molar-refractivity contribution in [1.82, 2.24) is 10.2 Å². The summed E-state index contributed by atoms with van der Waals surface area (Å²) in [4.78, 5) is 16.0. The number of methoxy groups -OCH3 is 1. The van der Waals surface area contributed by atoms with E-state index in [1.54, 1.807) is 19.3 Å². The maximum atomic E-state index is 12.1. The summed E-state index contributed by atoms with van der Waals surface area (Å²) in [6, 6.07) is 7.83. The van der Waals surface area contributed by atoms with E-state index in [2.05, 4.69) is 21.7 Å². The van der Waals surface area contributed by atoms with Gasteiger partial charge in [-0.1, -0.05) is 6.07 Å². The van der Waals surface area contributed by atoms with Crippen molar-refractivity contribution in [2.24, 2.45) is 0 Å². The summed E-state index contributed by atoms with van der Waals surface area (Å²) < 4.78 is 10.8. The first-order chi connectivity index (χ1) is 13.2. The van der Waals surface area contributed by atoms with Gasteiger partial charge in [0.15, 0.2) is 11.5 Å². The SMILES string of the molecule is CCOc1cc(/C=C/C(=O)NCCN2CCc3sccc3C2)ccc1OC. The van der Waals surface area contributed by atoms with Gasteiger partial charge in [-0.3, -0.25) is 9.69 Å². The van der Waals surface area contributed by atoms with Crippen LogP contribution in [-0.2, 0) is 17.8 Å². The van der Waals surface area contributed by atoms with Crippen molar-refractivity contribution in [1.29, 1.82) is 0 Å². The number of hydrogen-bond donors (Lipinski definition) is 1. The maximum absolute atomic E-state index is 12.1. The Hall–Kier alpha value is -2.31. The molecule has 1 N–H and O–H groups in total. The van der Waals surface area contributed by atoms with Gasteiger partial charge in [0.1, 0.15) is 0 Å². The largest absolute Gasteiger partial charge is 0.493 e. The topological polar surface area (TPSA) is 50.8 Å². The number of amides is 1. The molecule has 1 aromatic carbocycles. The Kier molecular flexibility index (Phi) is 6.90. The van der Waals surface area contributed by atoms with Crippen LogP contribution in [0.3, 0.4) is 0 Å². The molecule has 3 rings (SSSR count). The average Bonchev–Trinajstić information content (AvgIpc) is 3.15. The first-order valence-electron chi connectivity index (χ1n) is 9.24. The lowest BCUT2D eigenvalue weighted by Crippen LogP contribution is -2.37. The molecule has 0 saturated carbocycles. The molecule has 1 aliphatic rings. The Labute approximate surface area is 164 Å². The molecule has 0 spiro atoms. The lowest BCUT2D eigenvalue weighted by atomic mass is 10.1. The van der Waals surface area contributed by atoms with E-state index in [9.17, 15) is 4.79 Å². The van der Waals surface area contributed by atoms with Gasteiger partial charge in [-0.15, -0.1) is 11.3 Å². The minimum atomic E-state index is -0.0861. The Bertz CT molecular complexity index is 800. The van der Waals surface area contributed by atoms with Crippen molar-refractivity contribution in [2.75, 3.05) is 33.4 Å². The van der Waals surface area contributed by atoms with Gasteiger partial charge in [0.2, 0.25) is 5.91 Å². The third-order valence-electron chi connectivity index (χ3n) is 4.53. The first kappa shape index (κ1) is 19.5. The van der Waals surface area contributed by atoms with Gasteiger partial charge >= 0.3 is 0 Å². The van der Waals surface area contributed by atoms with E-state index in [1.807, 2.05) is 36.5 Å². The molecule has 6 heteroatoms. The van der Waals surface area contributed by atoms with Crippen LogP contribution in [-0.4, -0.2) is 44.2 Å². The molecule has 1 aromatic heterocycles. The summed E-state index contributed by atoms with van der Waals surface area (Å²) in [7, 11) is 1.61. The molecule has 1 amide bonds. The standard InChI is InChI=1S/C21H26N2O3S/c1-3-26-19-14-16(4-6-18(19)25-2)5-7-21(24)22-10-12-23-11-8-20-17(15-23)9-13-27-20/h4-7,9,13-14H,3,8,10-12,15H2,1-2H3,(H,22,24)/b7-5+. The smallest absolute Gasteiger partial charge is 0.244 e. The van der Waals surface area contributed by atoms with Crippen molar-refractivity contribution in [3.05, 3.63) is 51.7 Å². The highest BCUT2D eigenvalue weighted by atomic mass is 32.1. The Morgan fingerprint density at radius 2 is 2.22 bits per heavy atom. The highest BCUT2D eigenvalue weighted by Crippen LogP contribution is 2.28. The number of carbonyl (C=O) groups is 1. The number of nitrogens with zero attached hydrogens (tertiary/aromatic N) is 1. The third kappa shape index (κ3) is 5.34. The molecular weight excluding hydrogens is 360 g/mol. The van der Waals surface area contributed by atoms with Gasteiger partial charge < -0.3 is 14.8 Å². The molecule has 2 heterocycles. The van der Waals surface area contributed by atoms with E-state index in [0.29, 0.717) is 24.7 Å². The van der Waals surface area contributed by atoms with Crippen LogP contribution in [0.4, 0.5) is 0 Å². The fourth-order valence-electron chi connectivity index (χ4n) is 3.13. The molecule has 1 aliphatic heterocycles. The van der Waals surface area contributed by atoms with E-state index < -0.39 is 0 Å². The highest BCUT2D eigenvalue weighted by Gasteiger charge is 2.16. The molecule has 0 atom stereocenters. The van der Waals surface area contributed by atoms with Crippen molar-refractivity contribution in [3.63, 3.8) is 0 Å². The molecule has 5 nitrogen and oxygen atoms in total. The molecule has 0 fully saturated rings. The number of hydrogen-bond acceptors (Lipinski definition) is 5. The van der Waals surface area contributed by atoms with E-state index >= 15 is 0 Å².